The first kappa shape index (κ1) is 18.9. The molecule has 6 nitrogen and oxygen atoms in total. The number of hydrogen-bond acceptors (Lipinski definition) is 5. The molecule has 0 aromatic heterocycles. The highest BCUT2D eigenvalue weighted by Crippen LogP contribution is 2.06. The van der Waals surface area contributed by atoms with Gasteiger partial charge in [-0.05, 0) is 37.5 Å². The molecule has 0 saturated heterocycles. The SMILES string of the molecule is CSCC[C@H](N)C(=O)O.Cc1ccc(S(N)(=O)=O)cc1. The Morgan fingerprint density at radius 3 is 2.20 bits per heavy atom. The monoisotopic (exact) mass is 320 g/mol. The predicted molar refractivity (Wildman–Crippen MR) is 81.2 cm³/mol. The van der Waals surface area contributed by atoms with Gasteiger partial charge < -0.3 is 10.8 Å². The molecule has 0 spiro atoms. The Labute approximate surface area is 123 Å². The highest BCUT2D eigenvalue weighted by atomic mass is 32.2. The van der Waals surface area contributed by atoms with Crippen LogP contribution in [0.2, 0.25) is 0 Å². The molecule has 0 aliphatic heterocycles. The van der Waals surface area contributed by atoms with Gasteiger partial charge in [0, 0.05) is 0 Å². The van der Waals surface area contributed by atoms with Crippen LogP contribution < -0.4 is 10.9 Å². The number of carbonyl (C=O) groups is 1. The molecule has 20 heavy (non-hydrogen) atoms. The van der Waals surface area contributed by atoms with E-state index in [1.165, 1.54) is 12.1 Å². The number of primary sulfonamides is 1. The molecule has 1 aromatic rings. The Balaban J connectivity index is 0.000000370. The summed E-state index contributed by atoms with van der Waals surface area (Å²) >= 11 is 1.60. The highest BCUT2D eigenvalue weighted by molar-refractivity contribution is 7.98. The lowest BCUT2D eigenvalue weighted by Gasteiger charge is -2.02. The lowest BCUT2D eigenvalue weighted by atomic mass is 10.2. The van der Waals surface area contributed by atoms with Crippen LogP contribution in [0, 0.1) is 6.92 Å². The average Bonchev–Trinajstić information content (AvgIpc) is 2.36. The fourth-order valence-corrected chi connectivity index (χ4v) is 2.10. The molecule has 0 amide bonds. The third kappa shape index (κ3) is 8.16. The van der Waals surface area contributed by atoms with Crippen LogP contribution in [0.4, 0.5) is 0 Å². The second-order valence-electron chi connectivity index (χ2n) is 4.08. The second kappa shape index (κ2) is 8.96. The van der Waals surface area contributed by atoms with E-state index in [4.69, 9.17) is 16.0 Å². The molecular formula is C12H20N2O4S2. The number of aryl methyl sites for hydroxylation is 1. The van der Waals surface area contributed by atoms with Gasteiger partial charge in [-0.1, -0.05) is 17.7 Å². The summed E-state index contributed by atoms with van der Waals surface area (Å²) in [6, 6.07) is 5.71. The number of carboxylic acid groups (broad SMARTS) is 1. The van der Waals surface area contributed by atoms with Crippen LogP contribution in [0.1, 0.15) is 12.0 Å². The minimum Gasteiger partial charge on any atom is -0.480 e. The molecule has 1 atom stereocenters. The van der Waals surface area contributed by atoms with Gasteiger partial charge in [0.05, 0.1) is 4.90 Å². The molecule has 114 valence electrons. The van der Waals surface area contributed by atoms with Gasteiger partial charge in [0.2, 0.25) is 10.0 Å². The number of aliphatic carboxylic acids is 1. The lowest BCUT2D eigenvalue weighted by Crippen LogP contribution is -2.30. The highest BCUT2D eigenvalue weighted by Gasteiger charge is 2.09. The average molecular weight is 320 g/mol. The number of rotatable bonds is 5. The van der Waals surface area contributed by atoms with E-state index >= 15 is 0 Å². The van der Waals surface area contributed by atoms with Crippen molar-refractivity contribution < 1.29 is 18.3 Å². The summed E-state index contributed by atoms with van der Waals surface area (Å²) in [5, 5.41) is 13.2. The van der Waals surface area contributed by atoms with Crippen molar-refractivity contribution in [2.24, 2.45) is 10.9 Å². The topological polar surface area (TPSA) is 123 Å². The van der Waals surface area contributed by atoms with Gasteiger partial charge in [0.25, 0.3) is 0 Å². The van der Waals surface area contributed by atoms with Crippen molar-refractivity contribution in [1.29, 1.82) is 0 Å². The van der Waals surface area contributed by atoms with Gasteiger partial charge in [-0.25, -0.2) is 13.6 Å². The normalized spacial score (nSPS) is 12.2. The summed E-state index contributed by atoms with van der Waals surface area (Å²) < 4.78 is 21.4. The summed E-state index contributed by atoms with van der Waals surface area (Å²) in [6.07, 6.45) is 2.48. The smallest absolute Gasteiger partial charge is 0.320 e. The maximum Gasteiger partial charge on any atom is 0.320 e. The van der Waals surface area contributed by atoms with Gasteiger partial charge >= 0.3 is 5.97 Å². The number of carboxylic acids is 1. The van der Waals surface area contributed by atoms with E-state index in [0.717, 1.165) is 11.3 Å². The minimum absolute atomic E-state index is 0.156. The minimum atomic E-state index is -3.52. The summed E-state index contributed by atoms with van der Waals surface area (Å²) in [5.74, 6) is -0.1000. The Hall–Kier alpha value is -1.09. The molecule has 8 heteroatoms. The number of hydrogen-bond donors (Lipinski definition) is 3. The first-order valence-corrected chi connectivity index (χ1v) is 8.69. The van der Waals surface area contributed by atoms with Crippen molar-refractivity contribution in [2.45, 2.75) is 24.3 Å². The van der Waals surface area contributed by atoms with Gasteiger partial charge in [0.15, 0.2) is 0 Å². The summed E-state index contributed by atoms with van der Waals surface area (Å²) in [4.78, 5) is 10.2. The molecular weight excluding hydrogens is 300 g/mol. The molecule has 0 aliphatic carbocycles. The van der Waals surface area contributed by atoms with E-state index in [1.807, 2.05) is 13.2 Å². The van der Waals surface area contributed by atoms with Crippen molar-refractivity contribution in [3.05, 3.63) is 29.8 Å². The maximum atomic E-state index is 10.7. The standard InChI is InChI=1S/C7H9NO2S.C5H11NO2S/c1-6-2-4-7(5-3-6)11(8,9)10;1-9-3-2-4(6)5(7)8/h2-5H,1H3,(H2,8,9,10);4H,2-3,6H2,1H3,(H,7,8)/t;4-/m.0/s1. The number of sulfonamides is 1. The largest absolute Gasteiger partial charge is 0.480 e. The van der Waals surface area contributed by atoms with E-state index in [2.05, 4.69) is 0 Å². The molecule has 0 radical (unpaired) electrons. The maximum absolute atomic E-state index is 10.7. The van der Waals surface area contributed by atoms with E-state index in [-0.39, 0.29) is 4.90 Å². The molecule has 1 aromatic carbocycles. The van der Waals surface area contributed by atoms with Gasteiger partial charge in [-0.15, -0.1) is 0 Å². The number of benzene rings is 1. The fraction of sp³-hybridized carbons (Fsp3) is 0.417. The predicted octanol–water partition coefficient (Wildman–Crippen LogP) is 0.794. The molecule has 0 aliphatic rings. The Morgan fingerprint density at radius 1 is 1.35 bits per heavy atom. The molecule has 0 bridgehead atoms. The van der Waals surface area contributed by atoms with Crippen molar-refractivity contribution in [3.63, 3.8) is 0 Å². The molecule has 0 saturated carbocycles. The van der Waals surface area contributed by atoms with Crippen LogP contribution in [-0.4, -0.2) is 37.5 Å². The lowest BCUT2D eigenvalue weighted by molar-refractivity contribution is -0.138. The van der Waals surface area contributed by atoms with Crippen molar-refractivity contribution in [1.82, 2.24) is 0 Å². The van der Waals surface area contributed by atoms with Gasteiger partial charge in [-0.3, -0.25) is 4.79 Å². The third-order valence-corrected chi connectivity index (χ3v) is 3.87. The van der Waals surface area contributed by atoms with Crippen LogP contribution in [0.3, 0.4) is 0 Å². The summed E-state index contributed by atoms with van der Waals surface area (Å²) in [5.41, 5.74) is 6.20. The van der Waals surface area contributed by atoms with E-state index in [1.54, 1.807) is 23.9 Å². The van der Waals surface area contributed by atoms with Crippen molar-refractivity contribution in [3.8, 4) is 0 Å². The zero-order valence-corrected chi connectivity index (χ0v) is 13.1. The van der Waals surface area contributed by atoms with Crippen LogP contribution in [0.15, 0.2) is 29.2 Å². The molecule has 0 unspecified atom stereocenters. The Bertz CT molecular complexity index is 515. The van der Waals surface area contributed by atoms with E-state index in [0.29, 0.717) is 6.42 Å². The van der Waals surface area contributed by atoms with Crippen LogP contribution in [-0.2, 0) is 14.8 Å². The van der Waals surface area contributed by atoms with Gasteiger partial charge in [-0.2, -0.15) is 11.8 Å². The second-order valence-corrected chi connectivity index (χ2v) is 6.63. The number of thioether (sulfide) groups is 1. The van der Waals surface area contributed by atoms with Gasteiger partial charge in [0.1, 0.15) is 6.04 Å². The molecule has 1 rings (SSSR count). The fourth-order valence-electron chi connectivity index (χ4n) is 1.10. The summed E-state index contributed by atoms with van der Waals surface area (Å²) in [7, 11) is -3.52. The van der Waals surface area contributed by atoms with E-state index < -0.39 is 22.0 Å². The zero-order chi connectivity index (χ0) is 15.8. The third-order valence-electron chi connectivity index (χ3n) is 2.30. The molecule has 0 heterocycles. The molecule has 0 fully saturated rings. The van der Waals surface area contributed by atoms with Crippen molar-refractivity contribution in [2.75, 3.05) is 12.0 Å². The first-order chi connectivity index (χ1) is 9.18. The van der Waals surface area contributed by atoms with Crippen LogP contribution in [0.25, 0.3) is 0 Å². The summed E-state index contributed by atoms with van der Waals surface area (Å²) in [6.45, 7) is 1.88. The Morgan fingerprint density at radius 2 is 1.85 bits per heavy atom. The quantitative estimate of drug-likeness (QED) is 0.737. The molecule has 5 N–H and O–H groups in total. The first-order valence-electron chi connectivity index (χ1n) is 5.75. The number of nitrogens with two attached hydrogens (primary N) is 2. The van der Waals surface area contributed by atoms with Crippen molar-refractivity contribution >= 4 is 27.8 Å². The van der Waals surface area contributed by atoms with E-state index in [9.17, 15) is 13.2 Å². The zero-order valence-electron chi connectivity index (χ0n) is 11.4. The van der Waals surface area contributed by atoms with Crippen LogP contribution >= 0.6 is 11.8 Å². The van der Waals surface area contributed by atoms with Crippen LogP contribution in [0.5, 0.6) is 0 Å². The Kier molecular flexibility index (Phi) is 8.47.